The van der Waals surface area contributed by atoms with E-state index in [4.69, 9.17) is 5.73 Å². The molecule has 0 aliphatic carbocycles. The monoisotopic (exact) mass is 230 g/mol. The Balaban J connectivity index is 2.24. The van der Waals surface area contributed by atoms with Crippen LogP contribution < -0.4 is 5.73 Å². The van der Waals surface area contributed by atoms with Crippen molar-refractivity contribution in [1.29, 1.82) is 0 Å². The fourth-order valence-corrected chi connectivity index (χ4v) is 1.73. The van der Waals surface area contributed by atoms with Crippen LogP contribution in [0.2, 0.25) is 0 Å². The molecule has 1 unspecified atom stereocenters. The van der Waals surface area contributed by atoms with E-state index in [1.165, 1.54) is 0 Å². The molecule has 0 aliphatic rings. The molecule has 3 N–H and O–H groups in total. The topological polar surface area (TPSA) is 67.6 Å². The second-order valence-electron chi connectivity index (χ2n) is 4.41. The lowest BCUT2D eigenvalue weighted by molar-refractivity contribution is 0.647. The maximum absolute atomic E-state index is 5.75. The zero-order chi connectivity index (χ0) is 12.3. The number of aryl methyl sites for hydroxylation is 2. The molecular formula is C13H18N4. The molecule has 0 saturated carbocycles. The molecule has 0 saturated heterocycles. The quantitative estimate of drug-likeness (QED) is 0.844. The summed E-state index contributed by atoms with van der Waals surface area (Å²) in [7, 11) is 0. The molecule has 4 nitrogen and oxygen atoms in total. The summed E-state index contributed by atoms with van der Waals surface area (Å²) in [6.07, 6.45) is 3.63. The number of hydrogen-bond acceptors (Lipinski definition) is 3. The van der Waals surface area contributed by atoms with Gasteiger partial charge in [0.05, 0.1) is 11.4 Å². The summed E-state index contributed by atoms with van der Waals surface area (Å²) in [6.45, 7) is 3.99. The van der Waals surface area contributed by atoms with Crippen LogP contribution in [0.25, 0.3) is 11.4 Å². The van der Waals surface area contributed by atoms with E-state index in [1.54, 1.807) is 0 Å². The number of nitrogens with two attached hydrogens (primary N) is 1. The fourth-order valence-electron chi connectivity index (χ4n) is 1.73. The maximum Gasteiger partial charge on any atom is 0.129 e. The minimum absolute atomic E-state index is 0.188. The molecule has 0 aromatic carbocycles. The van der Waals surface area contributed by atoms with Gasteiger partial charge in [0.1, 0.15) is 5.82 Å². The van der Waals surface area contributed by atoms with E-state index in [0.29, 0.717) is 0 Å². The lowest BCUT2D eigenvalue weighted by Gasteiger charge is -2.06. The smallest absolute Gasteiger partial charge is 0.129 e. The molecule has 4 heteroatoms. The van der Waals surface area contributed by atoms with Crippen LogP contribution in [0.4, 0.5) is 0 Å². The Labute approximate surface area is 101 Å². The van der Waals surface area contributed by atoms with E-state index >= 15 is 0 Å². The van der Waals surface area contributed by atoms with Gasteiger partial charge in [-0.1, -0.05) is 0 Å². The predicted octanol–water partition coefficient (Wildman–Crippen LogP) is 2.06. The molecule has 0 radical (unpaired) electrons. The van der Waals surface area contributed by atoms with Gasteiger partial charge in [-0.3, -0.25) is 0 Å². The molecule has 17 heavy (non-hydrogen) atoms. The molecule has 2 aromatic heterocycles. The molecule has 2 heterocycles. The Hall–Kier alpha value is -1.68. The van der Waals surface area contributed by atoms with Gasteiger partial charge in [0.25, 0.3) is 0 Å². The van der Waals surface area contributed by atoms with Gasteiger partial charge < -0.3 is 10.7 Å². The molecule has 0 fully saturated rings. The second kappa shape index (κ2) is 5.10. The largest absolute Gasteiger partial charge is 0.360 e. The van der Waals surface area contributed by atoms with E-state index < -0.39 is 0 Å². The summed E-state index contributed by atoms with van der Waals surface area (Å²) < 4.78 is 0. The van der Waals surface area contributed by atoms with Crippen molar-refractivity contribution in [1.82, 2.24) is 15.0 Å². The first kappa shape index (κ1) is 11.8. The first-order chi connectivity index (χ1) is 8.15. The number of hydrogen-bond donors (Lipinski definition) is 2. The molecule has 2 rings (SSSR count). The van der Waals surface area contributed by atoms with Crippen LogP contribution in [-0.2, 0) is 6.42 Å². The van der Waals surface area contributed by atoms with Crippen LogP contribution in [0.1, 0.15) is 24.9 Å². The third-order valence-electron chi connectivity index (χ3n) is 2.60. The van der Waals surface area contributed by atoms with E-state index in [0.717, 1.165) is 35.7 Å². The van der Waals surface area contributed by atoms with Gasteiger partial charge >= 0.3 is 0 Å². The molecule has 0 amide bonds. The van der Waals surface area contributed by atoms with E-state index in [-0.39, 0.29) is 6.04 Å². The fraction of sp³-hybridized carbons (Fsp3) is 0.385. The standard InChI is InChI=1S/C13H18N4/c1-9(14)5-6-13-16-10(2)8-12(17-13)11-4-3-7-15-11/h3-4,7-9,15H,5-6,14H2,1-2H3. The molecule has 2 aromatic rings. The Bertz CT molecular complexity index is 474. The first-order valence-corrected chi connectivity index (χ1v) is 5.89. The Morgan fingerprint density at radius 1 is 1.41 bits per heavy atom. The minimum Gasteiger partial charge on any atom is -0.360 e. The lowest BCUT2D eigenvalue weighted by Crippen LogP contribution is -2.16. The first-order valence-electron chi connectivity index (χ1n) is 5.89. The summed E-state index contributed by atoms with van der Waals surface area (Å²) in [4.78, 5) is 12.1. The maximum atomic E-state index is 5.75. The zero-order valence-electron chi connectivity index (χ0n) is 10.3. The molecule has 0 bridgehead atoms. The molecule has 90 valence electrons. The van der Waals surface area contributed by atoms with Gasteiger partial charge in [-0.2, -0.15) is 0 Å². The predicted molar refractivity (Wildman–Crippen MR) is 68.5 cm³/mol. The summed E-state index contributed by atoms with van der Waals surface area (Å²) in [5, 5.41) is 0. The summed E-state index contributed by atoms with van der Waals surface area (Å²) in [6, 6.07) is 6.15. The van der Waals surface area contributed by atoms with E-state index in [9.17, 15) is 0 Å². The highest BCUT2D eigenvalue weighted by Gasteiger charge is 2.06. The molecule has 1 atom stereocenters. The third-order valence-corrected chi connectivity index (χ3v) is 2.60. The van der Waals surface area contributed by atoms with Crippen molar-refractivity contribution in [2.24, 2.45) is 5.73 Å². The van der Waals surface area contributed by atoms with Crippen LogP contribution in [0.3, 0.4) is 0 Å². The minimum atomic E-state index is 0.188. The van der Waals surface area contributed by atoms with Crippen molar-refractivity contribution < 1.29 is 0 Å². The van der Waals surface area contributed by atoms with Crippen molar-refractivity contribution in [2.75, 3.05) is 0 Å². The summed E-state index contributed by atoms with van der Waals surface area (Å²) in [5.41, 5.74) is 8.71. The van der Waals surface area contributed by atoms with E-state index in [2.05, 4.69) is 15.0 Å². The Kier molecular flexibility index (Phi) is 3.54. The van der Waals surface area contributed by atoms with Gasteiger partial charge in [-0.25, -0.2) is 9.97 Å². The van der Waals surface area contributed by atoms with Crippen molar-refractivity contribution in [2.45, 2.75) is 32.7 Å². The highest BCUT2D eigenvalue weighted by atomic mass is 14.9. The van der Waals surface area contributed by atoms with Gasteiger partial charge in [-0.15, -0.1) is 0 Å². The van der Waals surface area contributed by atoms with Crippen molar-refractivity contribution in [3.8, 4) is 11.4 Å². The Morgan fingerprint density at radius 2 is 2.24 bits per heavy atom. The number of rotatable bonds is 4. The average Bonchev–Trinajstić information content (AvgIpc) is 2.79. The number of H-pyrrole nitrogens is 1. The average molecular weight is 230 g/mol. The van der Waals surface area contributed by atoms with Gasteiger partial charge in [-0.05, 0) is 38.5 Å². The molecular weight excluding hydrogens is 212 g/mol. The van der Waals surface area contributed by atoms with Crippen molar-refractivity contribution in [3.63, 3.8) is 0 Å². The van der Waals surface area contributed by atoms with E-state index in [1.807, 2.05) is 38.2 Å². The number of aromatic amines is 1. The highest BCUT2D eigenvalue weighted by Crippen LogP contribution is 2.15. The zero-order valence-corrected chi connectivity index (χ0v) is 10.3. The van der Waals surface area contributed by atoms with Gasteiger partial charge in [0.2, 0.25) is 0 Å². The van der Waals surface area contributed by atoms with Gasteiger partial charge in [0.15, 0.2) is 0 Å². The summed E-state index contributed by atoms with van der Waals surface area (Å²) in [5.74, 6) is 0.868. The highest BCUT2D eigenvalue weighted by molar-refractivity contribution is 5.54. The Morgan fingerprint density at radius 3 is 2.88 bits per heavy atom. The lowest BCUT2D eigenvalue weighted by atomic mass is 10.2. The normalized spacial score (nSPS) is 12.6. The van der Waals surface area contributed by atoms with Gasteiger partial charge in [0, 0.05) is 24.4 Å². The van der Waals surface area contributed by atoms with Crippen LogP contribution in [-0.4, -0.2) is 21.0 Å². The molecule has 0 spiro atoms. The van der Waals surface area contributed by atoms with Crippen LogP contribution in [0.15, 0.2) is 24.4 Å². The number of nitrogens with zero attached hydrogens (tertiary/aromatic N) is 2. The number of aromatic nitrogens is 3. The number of nitrogens with one attached hydrogen (secondary N) is 1. The van der Waals surface area contributed by atoms with Crippen molar-refractivity contribution >= 4 is 0 Å². The SMILES string of the molecule is Cc1cc(-c2ccc[nH]2)nc(CCC(C)N)n1. The van der Waals surface area contributed by atoms with Crippen LogP contribution >= 0.6 is 0 Å². The van der Waals surface area contributed by atoms with Crippen LogP contribution in [0.5, 0.6) is 0 Å². The molecule has 0 aliphatic heterocycles. The third kappa shape index (κ3) is 3.14. The van der Waals surface area contributed by atoms with Crippen LogP contribution in [0, 0.1) is 6.92 Å². The summed E-state index contributed by atoms with van der Waals surface area (Å²) >= 11 is 0. The van der Waals surface area contributed by atoms with Crippen molar-refractivity contribution in [3.05, 3.63) is 35.9 Å². The second-order valence-corrected chi connectivity index (χ2v) is 4.41.